The summed E-state index contributed by atoms with van der Waals surface area (Å²) in [5, 5.41) is 0. The van der Waals surface area contributed by atoms with Gasteiger partial charge in [-0.15, -0.1) is 0 Å². The molecule has 0 amide bonds. The van der Waals surface area contributed by atoms with Gasteiger partial charge in [-0.3, -0.25) is 0 Å². The van der Waals surface area contributed by atoms with Gasteiger partial charge in [-0.1, -0.05) is 337 Å². The standard InChI is InChI=1S/C27H26.C20H16.C16H18.C7H8.2C2H6/c1-3-4-5-6-13-21-27(24-16-9-7-10-17-24,25-18-11-8-12-19-25)26-20-14-15-23(2)22-26;1-20(15-9-3-2-4-10-15)18-13-7-5-11-16(18)17-12-6-8-14-19(17)20;1-4-9-15(5-2)13-12-14(3)16-10-7-6-8-11-16;1-7-5-3-2-4-6-7;2*1-2/h3-20,22H,1,21H2,2H3;2-14H,1H3;4-13H,2H2,1,3H3;2-6H,1H3;2*1-2H3/b5-4-,13-6-;;9-4-,14-12+,15-13+;;;. The van der Waals surface area contributed by atoms with Gasteiger partial charge in [-0.05, 0) is 102 Å². The number of allylic oxidation sites excluding steroid dienone is 12. The molecule has 376 valence electrons. The minimum Gasteiger partial charge on any atom is -0.0991 e. The van der Waals surface area contributed by atoms with Crippen LogP contribution in [0.15, 0.2) is 304 Å². The van der Waals surface area contributed by atoms with Gasteiger partial charge in [0.05, 0.1) is 0 Å². The largest absolute Gasteiger partial charge is 0.0991 e. The fourth-order valence-electron chi connectivity index (χ4n) is 9.15. The lowest BCUT2D eigenvalue weighted by Gasteiger charge is -2.35. The minimum atomic E-state index is -0.229. The average molecular weight is 969 g/mol. The predicted octanol–water partition coefficient (Wildman–Crippen LogP) is 20.9. The number of hydrogen-bond acceptors (Lipinski definition) is 0. The number of rotatable bonds is 12. The molecule has 1 aliphatic carbocycles. The van der Waals surface area contributed by atoms with Gasteiger partial charge < -0.3 is 0 Å². The van der Waals surface area contributed by atoms with E-state index in [1.165, 1.54) is 66.8 Å². The van der Waals surface area contributed by atoms with Crippen LogP contribution in [0.3, 0.4) is 0 Å². The van der Waals surface area contributed by atoms with Crippen molar-refractivity contribution in [2.75, 3.05) is 0 Å². The van der Waals surface area contributed by atoms with Crippen LogP contribution in [0.2, 0.25) is 0 Å². The molecule has 0 heteroatoms. The topological polar surface area (TPSA) is 0 Å². The van der Waals surface area contributed by atoms with Gasteiger partial charge in [-0.2, -0.15) is 0 Å². The number of hydrogen-bond donors (Lipinski definition) is 0. The highest BCUT2D eigenvalue weighted by atomic mass is 14.4. The highest BCUT2D eigenvalue weighted by Crippen LogP contribution is 2.52. The molecule has 0 saturated carbocycles. The summed E-state index contributed by atoms with van der Waals surface area (Å²) in [6, 6.07) is 79.5. The molecule has 0 atom stereocenters. The summed E-state index contributed by atoms with van der Waals surface area (Å²) in [7, 11) is 0. The summed E-state index contributed by atoms with van der Waals surface area (Å²) in [5.41, 5.74) is 16.8. The molecule has 0 aliphatic heterocycles. The molecule has 0 unspecified atom stereocenters. The fourth-order valence-corrected chi connectivity index (χ4v) is 9.15. The first-order chi connectivity index (χ1) is 36.3. The maximum Gasteiger partial charge on any atom is 0.0485 e. The molecule has 9 rings (SSSR count). The molecule has 0 fully saturated rings. The van der Waals surface area contributed by atoms with Crippen LogP contribution in [-0.4, -0.2) is 0 Å². The van der Waals surface area contributed by atoms with Crippen LogP contribution < -0.4 is 0 Å². The van der Waals surface area contributed by atoms with E-state index in [9.17, 15) is 0 Å². The molecular weight excluding hydrogens is 889 g/mol. The molecule has 0 aromatic heterocycles. The second kappa shape index (κ2) is 32.1. The summed E-state index contributed by atoms with van der Waals surface area (Å²) >= 11 is 0. The molecule has 8 aromatic rings. The second-order valence-corrected chi connectivity index (χ2v) is 17.6. The van der Waals surface area contributed by atoms with Gasteiger partial charge in [0.2, 0.25) is 0 Å². The zero-order valence-electron chi connectivity index (χ0n) is 45.8. The first-order valence-corrected chi connectivity index (χ1v) is 26.3. The lowest BCUT2D eigenvalue weighted by Crippen LogP contribution is -2.29. The molecule has 74 heavy (non-hydrogen) atoms. The third-order valence-electron chi connectivity index (χ3n) is 12.8. The maximum absolute atomic E-state index is 3.78. The van der Waals surface area contributed by atoms with Crippen LogP contribution in [0.4, 0.5) is 0 Å². The van der Waals surface area contributed by atoms with E-state index in [2.05, 4.69) is 265 Å². The molecular formula is C74H80. The lowest BCUT2D eigenvalue weighted by atomic mass is 9.67. The Hall–Kier alpha value is -8.06. The van der Waals surface area contributed by atoms with Gasteiger partial charge >= 0.3 is 0 Å². The quantitative estimate of drug-likeness (QED) is 0.0845. The van der Waals surface area contributed by atoms with Gasteiger partial charge in [0.1, 0.15) is 0 Å². The molecule has 0 radical (unpaired) electrons. The first kappa shape index (κ1) is 58.5. The van der Waals surface area contributed by atoms with E-state index in [1.54, 1.807) is 6.08 Å². The highest BCUT2D eigenvalue weighted by molar-refractivity contribution is 5.83. The number of benzene rings is 8. The highest BCUT2D eigenvalue weighted by Gasteiger charge is 2.40. The zero-order valence-corrected chi connectivity index (χ0v) is 45.8. The summed E-state index contributed by atoms with van der Waals surface area (Å²) in [4.78, 5) is 0. The number of fused-ring (bicyclic) bond motifs is 3. The summed E-state index contributed by atoms with van der Waals surface area (Å²) in [6.07, 6.45) is 21.1. The smallest absolute Gasteiger partial charge is 0.0485 e. The van der Waals surface area contributed by atoms with E-state index in [0.717, 1.165) is 12.0 Å². The Labute approximate surface area is 448 Å². The summed E-state index contributed by atoms with van der Waals surface area (Å²) < 4.78 is 0. The van der Waals surface area contributed by atoms with Crippen molar-refractivity contribution < 1.29 is 0 Å². The van der Waals surface area contributed by atoms with Crippen molar-refractivity contribution in [2.45, 2.75) is 79.6 Å². The molecule has 0 N–H and O–H groups in total. The van der Waals surface area contributed by atoms with Gasteiger partial charge in [0.15, 0.2) is 0 Å². The summed E-state index contributed by atoms with van der Waals surface area (Å²) in [5.74, 6) is 0. The molecule has 0 nitrogen and oxygen atoms in total. The van der Waals surface area contributed by atoms with E-state index in [0.29, 0.717) is 0 Å². The Morgan fingerprint density at radius 1 is 0.486 bits per heavy atom. The Morgan fingerprint density at radius 3 is 1.39 bits per heavy atom. The van der Waals surface area contributed by atoms with Crippen molar-refractivity contribution in [3.05, 3.63) is 354 Å². The van der Waals surface area contributed by atoms with Crippen LogP contribution in [-0.2, 0) is 10.8 Å². The Morgan fingerprint density at radius 2 is 0.932 bits per heavy atom. The third kappa shape index (κ3) is 16.0. The summed E-state index contributed by atoms with van der Waals surface area (Å²) in [6.45, 7) is 26.2. The maximum atomic E-state index is 3.78. The molecule has 1 aliphatic rings. The Kier molecular flexibility index (Phi) is 25.4. The SMILES string of the molecule is C=C/C=C\C=C/CC(c1ccccc1)(c1ccccc1)c1cccc(C)c1.C=CC(/C=C\C)=C\C=C(/C)c1ccccc1.CC.CC.CC1(c2ccccc2)c2ccccc2-c2ccccc21.Cc1ccccc1. The minimum absolute atomic E-state index is 0.0472. The third-order valence-corrected chi connectivity index (χ3v) is 12.8. The van der Waals surface area contributed by atoms with E-state index >= 15 is 0 Å². The van der Waals surface area contributed by atoms with Crippen molar-refractivity contribution >= 4 is 5.57 Å². The van der Waals surface area contributed by atoms with E-state index in [1.807, 2.05) is 89.3 Å². The van der Waals surface area contributed by atoms with Crippen molar-refractivity contribution in [1.29, 1.82) is 0 Å². The zero-order chi connectivity index (χ0) is 53.4. The van der Waals surface area contributed by atoms with Gasteiger partial charge in [0.25, 0.3) is 0 Å². The van der Waals surface area contributed by atoms with E-state index in [4.69, 9.17) is 0 Å². The van der Waals surface area contributed by atoms with E-state index < -0.39 is 0 Å². The van der Waals surface area contributed by atoms with Crippen LogP contribution in [0, 0.1) is 13.8 Å². The van der Waals surface area contributed by atoms with Crippen molar-refractivity contribution in [3.8, 4) is 11.1 Å². The monoisotopic (exact) mass is 969 g/mol. The Balaban J connectivity index is 0.000000223. The van der Waals surface area contributed by atoms with Gasteiger partial charge in [0, 0.05) is 10.8 Å². The van der Waals surface area contributed by atoms with Crippen LogP contribution in [0.25, 0.3) is 16.7 Å². The predicted molar refractivity (Wildman–Crippen MR) is 328 cm³/mol. The first-order valence-electron chi connectivity index (χ1n) is 26.3. The van der Waals surface area contributed by atoms with Crippen LogP contribution in [0.1, 0.15) is 105 Å². The second-order valence-electron chi connectivity index (χ2n) is 17.6. The van der Waals surface area contributed by atoms with Gasteiger partial charge in [-0.25, -0.2) is 0 Å². The molecule has 0 heterocycles. The lowest BCUT2D eigenvalue weighted by molar-refractivity contribution is 0.627. The molecule has 0 saturated heterocycles. The van der Waals surface area contributed by atoms with Crippen molar-refractivity contribution in [3.63, 3.8) is 0 Å². The van der Waals surface area contributed by atoms with Crippen molar-refractivity contribution in [2.24, 2.45) is 0 Å². The molecule has 0 bridgehead atoms. The van der Waals surface area contributed by atoms with E-state index in [-0.39, 0.29) is 10.8 Å². The Bertz CT molecular complexity index is 2910. The molecule has 8 aromatic carbocycles. The fraction of sp³-hybridized carbons (Fsp3) is 0.162. The average Bonchev–Trinajstić information content (AvgIpc) is 3.74. The van der Waals surface area contributed by atoms with Crippen LogP contribution in [0.5, 0.6) is 0 Å². The normalized spacial score (nSPS) is 12.1. The molecule has 0 spiro atoms. The number of aryl methyl sites for hydroxylation is 2. The van der Waals surface area contributed by atoms with Crippen LogP contribution >= 0.6 is 0 Å². The van der Waals surface area contributed by atoms with Crippen molar-refractivity contribution in [1.82, 2.24) is 0 Å².